The highest BCUT2D eigenvalue weighted by molar-refractivity contribution is 6.30. The van der Waals surface area contributed by atoms with E-state index in [0.717, 1.165) is 23.2 Å². The van der Waals surface area contributed by atoms with Crippen molar-refractivity contribution in [2.75, 3.05) is 5.32 Å². The lowest BCUT2D eigenvalue weighted by Crippen LogP contribution is -2.09. The quantitative estimate of drug-likeness (QED) is 0.818. The Bertz CT molecular complexity index is 555. The minimum Gasteiger partial charge on any atom is -0.508 e. The Labute approximate surface area is 118 Å². The number of hydrogen-bond acceptors (Lipinski definition) is 3. The van der Waals surface area contributed by atoms with E-state index in [-0.39, 0.29) is 11.8 Å². The molecular formula is C15H17ClN2O. The molecule has 100 valence electrons. The van der Waals surface area contributed by atoms with E-state index in [1.165, 1.54) is 0 Å². The number of aromatic hydroxyl groups is 1. The monoisotopic (exact) mass is 276 g/mol. The van der Waals surface area contributed by atoms with Gasteiger partial charge in [0.05, 0.1) is 17.9 Å². The second kappa shape index (κ2) is 5.93. The molecule has 2 rings (SSSR count). The first-order valence-corrected chi connectivity index (χ1v) is 6.65. The molecule has 4 heteroatoms. The van der Waals surface area contributed by atoms with Crippen LogP contribution in [0.25, 0.3) is 0 Å². The Hall–Kier alpha value is -1.74. The number of halogens is 1. The smallest absolute Gasteiger partial charge is 0.132 e. The van der Waals surface area contributed by atoms with Gasteiger partial charge >= 0.3 is 0 Å². The molecule has 1 atom stereocenters. The van der Waals surface area contributed by atoms with Crippen LogP contribution < -0.4 is 5.32 Å². The number of pyridine rings is 1. The molecule has 0 aliphatic rings. The van der Waals surface area contributed by atoms with Crippen LogP contribution in [0.5, 0.6) is 5.75 Å². The molecule has 0 aliphatic heterocycles. The van der Waals surface area contributed by atoms with E-state index >= 15 is 0 Å². The van der Waals surface area contributed by atoms with Crippen molar-refractivity contribution >= 4 is 17.3 Å². The van der Waals surface area contributed by atoms with Gasteiger partial charge in [-0.25, -0.2) is 4.98 Å². The molecule has 1 unspecified atom stereocenters. The third-order valence-electron chi connectivity index (χ3n) is 3.06. The first-order chi connectivity index (χ1) is 9.10. The molecule has 0 saturated carbocycles. The first-order valence-electron chi connectivity index (χ1n) is 6.27. The van der Waals surface area contributed by atoms with Crippen LogP contribution in [-0.4, -0.2) is 10.1 Å². The van der Waals surface area contributed by atoms with Gasteiger partial charge < -0.3 is 10.4 Å². The van der Waals surface area contributed by atoms with Crippen molar-refractivity contribution in [3.8, 4) is 5.75 Å². The number of rotatable bonds is 4. The fraction of sp³-hybridized carbons (Fsp3) is 0.267. The van der Waals surface area contributed by atoms with Gasteiger partial charge in [-0.1, -0.05) is 30.7 Å². The minimum atomic E-state index is 0.183. The van der Waals surface area contributed by atoms with Gasteiger partial charge in [0.25, 0.3) is 0 Å². The number of aromatic nitrogens is 1. The van der Waals surface area contributed by atoms with Crippen molar-refractivity contribution in [2.45, 2.75) is 26.3 Å². The molecule has 1 aromatic carbocycles. The summed E-state index contributed by atoms with van der Waals surface area (Å²) in [6.07, 6.45) is 2.67. The second-order valence-electron chi connectivity index (χ2n) is 4.53. The average Bonchev–Trinajstić information content (AvgIpc) is 2.41. The van der Waals surface area contributed by atoms with Crippen LogP contribution in [0.3, 0.4) is 0 Å². The molecule has 0 aliphatic carbocycles. The normalized spacial score (nSPS) is 12.2. The van der Waals surface area contributed by atoms with Crippen LogP contribution in [0.2, 0.25) is 5.15 Å². The van der Waals surface area contributed by atoms with E-state index < -0.39 is 0 Å². The summed E-state index contributed by atoms with van der Waals surface area (Å²) in [6, 6.07) is 9.41. The molecule has 1 heterocycles. The van der Waals surface area contributed by atoms with Crippen molar-refractivity contribution in [1.29, 1.82) is 0 Å². The number of phenolic OH excluding ortho intramolecular Hbond substituents is 1. The summed E-state index contributed by atoms with van der Waals surface area (Å²) < 4.78 is 0. The maximum atomic E-state index is 9.32. The minimum absolute atomic E-state index is 0.183. The van der Waals surface area contributed by atoms with Crippen LogP contribution in [0.15, 0.2) is 36.5 Å². The number of nitrogens with zero attached hydrogens (tertiary/aromatic N) is 1. The first kappa shape index (κ1) is 13.7. The Morgan fingerprint density at radius 3 is 2.58 bits per heavy atom. The summed E-state index contributed by atoms with van der Waals surface area (Å²) in [6.45, 7) is 4.04. The predicted octanol–water partition coefficient (Wildman–Crippen LogP) is 4.31. The number of anilines is 1. The summed E-state index contributed by atoms with van der Waals surface area (Å²) in [7, 11) is 0. The number of nitrogens with one attached hydrogen (secondary N) is 1. The van der Waals surface area contributed by atoms with Gasteiger partial charge in [0, 0.05) is 0 Å². The molecule has 0 spiro atoms. The Balaban J connectivity index is 2.18. The molecule has 0 saturated heterocycles. The van der Waals surface area contributed by atoms with E-state index in [1.54, 1.807) is 18.3 Å². The molecule has 0 radical (unpaired) electrons. The van der Waals surface area contributed by atoms with Gasteiger partial charge in [-0.2, -0.15) is 0 Å². The summed E-state index contributed by atoms with van der Waals surface area (Å²) >= 11 is 5.92. The lowest BCUT2D eigenvalue weighted by atomic mass is 10.0. The van der Waals surface area contributed by atoms with Crippen molar-refractivity contribution in [1.82, 2.24) is 4.98 Å². The summed E-state index contributed by atoms with van der Waals surface area (Å²) in [5.41, 5.74) is 3.03. The number of aryl methyl sites for hydroxylation is 1. The van der Waals surface area contributed by atoms with Crippen LogP contribution in [0.1, 0.15) is 30.5 Å². The highest BCUT2D eigenvalue weighted by Gasteiger charge is 2.10. The van der Waals surface area contributed by atoms with E-state index in [2.05, 4.69) is 17.2 Å². The Morgan fingerprint density at radius 1 is 1.32 bits per heavy atom. The molecule has 2 N–H and O–H groups in total. The van der Waals surface area contributed by atoms with Gasteiger partial charge in [-0.3, -0.25) is 0 Å². The largest absolute Gasteiger partial charge is 0.508 e. The van der Waals surface area contributed by atoms with Gasteiger partial charge in [-0.05, 0) is 42.7 Å². The SMILES string of the molecule is CCC(Nc1cnc(Cl)c(C)c1)c1ccc(O)cc1. The van der Waals surface area contributed by atoms with Gasteiger partial charge in [0.15, 0.2) is 0 Å². The molecule has 0 amide bonds. The van der Waals surface area contributed by atoms with Crippen molar-refractivity contribution < 1.29 is 5.11 Å². The Kier molecular flexibility index (Phi) is 4.27. The van der Waals surface area contributed by atoms with Crippen molar-refractivity contribution in [3.63, 3.8) is 0 Å². The fourth-order valence-corrected chi connectivity index (χ4v) is 2.07. The summed E-state index contributed by atoms with van der Waals surface area (Å²) in [5.74, 6) is 0.280. The third kappa shape index (κ3) is 3.38. The van der Waals surface area contributed by atoms with Crippen LogP contribution >= 0.6 is 11.6 Å². The average molecular weight is 277 g/mol. The summed E-state index contributed by atoms with van der Waals surface area (Å²) in [4.78, 5) is 4.14. The Morgan fingerprint density at radius 2 is 2.00 bits per heavy atom. The standard InChI is InChI=1S/C15H17ClN2O/c1-3-14(11-4-6-13(19)7-5-11)18-12-8-10(2)15(16)17-9-12/h4-9,14,18-19H,3H2,1-2H3. The van der Waals surface area contributed by atoms with Gasteiger partial charge in [0.1, 0.15) is 10.9 Å². The lowest BCUT2D eigenvalue weighted by Gasteiger charge is -2.19. The molecule has 0 bridgehead atoms. The molecule has 0 fully saturated rings. The van der Waals surface area contributed by atoms with Gasteiger partial charge in [-0.15, -0.1) is 0 Å². The number of hydrogen-bond donors (Lipinski definition) is 2. The zero-order valence-corrected chi connectivity index (χ0v) is 11.8. The maximum Gasteiger partial charge on any atom is 0.132 e. The van der Waals surface area contributed by atoms with E-state index in [9.17, 15) is 5.11 Å². The van der Waals surface area contributed by atoms with Crippen LogP contribution in [-0.2, 0) is 0 Å². The molecule has 2 aromatic rings. The predicted molar refractivity (Wildman–Crippen MR) is 78.7 cm³/mol. The number of phenols is 1. The summed E-state index contributed by atoms with van der Waals surface area (Å²) in [5, 5.41) is 13.3. The van der Waals surface area contributed by atoms with Crippen molar-refractivity contribution in [3.05, 3.63) is 52.8 Å². The lowest BCUT2D eigenvalue weighted by molar-refractivity contribution is 0.475. The fourth-order valence-electron chi connectivity index (χ4n) is 1.97. The maximum absolute atomic E-state index is 9.32. The molecule has 19 heavy (non-hydrogen) atoms. The second-order valence-corrected chi connectivity index (χ2v) is 4.89. The highest BCUT2D eigenvalue weighted by atomic mass is 35.5. The van der Waals surface area contributed by atoms with Crippen molar-refractivity contribution in [2.24, 2.45) is 0 Å². The van der Waals surface area contributed by atoms with E-state index in [0.29, 0.717) is 5.15 Å². The van der Waals surface area contributed by atoms with Gasteiger partial charge in [0.2, 0.25) is 0 Å². The molecular weight excluding hydrogens is 260 g/mol. The topological polar surface area (TPSA) is 45.2 Å². The molecule has 3 nitrogen and oxygen atoms in total. The van der Waals surface area contributed by atoms with E-state index in [4.69, 9.17) is 11.6 Å². The zero-order chi connectivity index (χ0) is 13.8. The zero-order valence-electron chi connectivity index (χ0n) is 11.0. The third-order valence-corrected chi connectivity index (χ3v) is 3.45. The van der Waals surface area contributed by atoms with Crippen LogP contribution in [0.4, 0.5) is 5.69 Å². The van der Waals surface area contributed by atoms with E-state index in [1.807, 2.05) is 25.1 Å². The highest BCUT2D eigenvalue weighted by Crippen LogP contribution is 2.25. The van der Waals surface area contributed by atoms with Crippen LogP contribution in [0, 0.1) is 6.92 Å². The number of benzene rings is 1. The molecule has 1 aromatic heterocycles.